The minimum Gasteiger partial charge on any atom is -0.467 e. The van der Waals surface area contributed by atoms with Crippen molar-refractivity contribution < 1.29 is 4.74 Å². The van der Waals surface area contributed by atoms with Gasteiger partial charge in [-0.2, -0.15) is 0 Å². The molecule has 4 nitrogen and oxygen atoms in total. The van der Waals surface area contributed by atoms with E-state index in [4.69, 9.17) is 4.74 Å². The summed E-state index contributed by atoms with van der Waals surface area (Å²) >= 11 is 0. The van der Waals surface area contributed by atoms with E-state index >= 15 is 0 Å². The quantitative estimate of drug-likeness (QED) is 0.779. The summed E-state index contributed by atoms with van der Waals surface area (Å²) < 4.78 is 4.94. The van der Waals surface area contributed by atoms with Crippen molar-refractivity contribution in [1.82, 2.24) is 14.9 Å². The zero-order chi connectivity index (χ0) is 11.4. The Bertz CT molecular complexity index is 318. The predicted molar refractivity (Wildman–Crippen MR) is 62.3 cm³/mol. The van der Waals surface area contributed by atoms with E-state index in [0.717, 1.165) is 18.0 Å². The van der Waals surface area contributed by atoms with Gasteiger partial charge >= 0.3 is 6.01 Å². The fourth-order valence-corrected chi connectivity index (χ4v) is 2.01. The number of hydrogen-bond acceptors (Lipinski definition) is 4. The molecular formula is C12H19N3O. The maximum absolute atomic E-state index is 4.94. The van der Waals surface area contributed by atoms with E-state index in [1.54, 1.807) is 7.11 Å². The molecule has 0 unspecified atom stereocenters. The number of hydrogen-bond donors (Lipinski definition) is 0. The summed E-state index contributed by atoms with van der Waals surface area (Å²) in [5.74, 6) is 0.878. The molecular weight excluding hydrogens is 202 g/mol. The highest BCUT2D eigenvalue weighted by Gasteiger charge is 2.15. The summed E-state index contributed by atoms with van der Waals surface area (Å²) in [6.45, 7) is 5.66. The second-order valence-electron chi connectivity index (χ2n) is 4.54. The van der Waals surface area contributed by atoms with E-state index in [1.165, 1.54) is 25.9 Å². The first-order valence-corrected chi connectivity index (χ1v) is 5.85. The highest BCUT2D eigenvalue weighted by Crippen LogP contribution is 2.17. The van der Waals surface area contributed by atoms with Crippen LogP contribution < -0.4 is 4.74 Å². The van der Waals surface area contributed by atoms with E-state index in [1.807, 2.05) is 12.4 Å². The van der Waals surface area contributed by atoms with Gasteiger partial charge in [-0.3, -0.25) is 4.90 Å². The summed E-state index contributed by atoms with van der Waals surface area (Å²) in [6.07, 6.45) is 6.31. The van der Waals surface area contributed by atoms with Crippen molar-refractivity contribution in [3.8, 4) is 6.01 Å². The van der Waals surface area contributed by atoms with Crippen molar-refractivity contribution in [3.05, 3.63) is 18.0 Å². The number of nitrogens with zero attached hydrogens (tertiary/aromatic N) is 3. The van der Waals surface area contributed by atoms with Crippen molar-refractivity contribution in [1.29, 1.82) is 0 Å². The average molecular weight is 221 g/mol. The summed E-state index contributed by atoms with van der Waals surface area (Å²) in [5.41, 5.74) is 1.16. The Morgan fingerprint density at radius 1 is 1.31 bits per heavy atom. The number of ether oxygens (including phenoxy) is 1. The van der Waals surface area contributed by atoms with Crippen molar-refractivity contribution in [3.63, 3.8) is 0 Å². The molecule has 0 atom stereocenters. The van der Waals surface area contributed by atoms with Crippen LogP contribution in [0.25, 0.3) is 0 Å². The smallest absolute Gasteiger partial charge is 0.316 e. The van der Waals surface area contributed by atoms with Crippen LogP contribution >= 0.6 is 0 Å². The molecule has 88 valence electrons. The van der Waals surface area contributed by atoms with Gasteiger partial charge in [0.05, 0.1) is 7.11 Å². The predicted octanol–water partition coefficient (Wildman–Crippen LogP) is 1.72. The molecule has 16 heavy (non-hydrogen) atoms. The molecule has 0 aliphatic carbocycles. The maximum Gasteiger partial charge on any atom is 0.316 e. The molecule has 4 heteroatoms. The lowest BCUT2D eigenvalue weighted by Crippen LogP contribution is -2.32. The number of methoxy groups -OCH3 is 1. The maximum atomic E-state index is 4.94. The van der Waals surface area contributed by atoms with Crippen molar-refractivity contribution in [2.75, 3.05) is 20.2 Å². The van der Waals surface area contributed by atoms with Gasteiger partial charge in [0, 0.05) is 24.5 Å². The lowest BCUT2D eigenvalue weighted by Gasteiger charge is -2.29. The first-order valence-electron chi connectivity index (χ1n) is 5.85. The van der Waals surface area contributed by atoms with Crippen molar-refractivity contribution in [2.24, 2.45) is 5.92 Å². The third kappa shape index (κ3) is 2.92. The fourth-order valence-electron chi connectivity index (χ4n) is 2.01. The molecule has 1 aliphatic heterocycles. The number of aromatic nitrogens is 2. The largest absolute Gasteiger partial charge is 0.467 e. The Labute approximate surface area is 96.7 Å². The second-order valence-corrected chi connectivity index (χ2v) is 4.54. The third-order valence-electron chi connectivity index (χ3n) is 3.15. The Morgan fingerprint density at radius 3 is 2.50 bits per heavy atom. The van der Waals surface area contributed by atoms with Gasteiger partial charge in [0.1, 0.15) is 0 Å². The van der Waals surface area contributed by atoms with E-state index in [0.29, 0.717) is 6.01 Å². The normalized spacial score (nSPS) is 18.6. The lowest BCUT2D eigenvalue weighted by molar-refractivity contribution is 0.185. The molecule has 0 saturated carbocycles. The molecule has 2 heterocycles. The topological polar surface area (TPSA) is 38.2 Å². The molecule has 0 radical (unpaired) electrons. The SMILES string of the molecule is COc1ncc(CN2CCC(C)CC2)cn1. The van der Waals surface area contributed by atoms with E-state index < -0.39 is 0 Å². The van der Waals surface area contributed by atoms with Crippen LogP contribution in [0.15, 0.2) is 12.4 Å². The van der Waals surface area contributed by atoms with Crippen LogP contribution in [0.1, 0.15) is 25.3 Å². The van der Waals surface area contributed by atoms with Gasteiger partial charge in [-0.1, -0.05) is 6.92 Å². The standard InChI is InChI=1S/C12H19N3O/c1-10-3-5-15(6-4-10)9-11-7-13-12(16-2)14-8-11/h7-8,10H,3-6,9H2,1-2H3. The molecule has 0 bridgehead atoms. The van der Waals surface area contributed by atoms with Crippen LogP contribution in [0, 0.1) is 5.92 Å². The molecule has 1 aromatic rings. The molecule has 1 fully saturated rings. The number of rotatable bonds is 3. The van der Waals surface area contributed by atoms with Gasteiger partial charge < -0.3 is 4.74 Å². The number of piperidine rings is 1. The molecule has 1 saturated heterocycles. The van der Waals surface area contributed by atoms with Crippen LogP contribution in [-0.4, -0.2) is 35.1 Å². The van der Waals surface area contributed by atoms with Crippen LogP contribution in [0.2, 0.25) is 0 Å². The summed E-state index contributed by atoms with van der Waals surface area (Å²) in [7, 11) is 1.58. The zero-order valence-corrected chi connectivity index (χ0v) is 10.0. The second kappa shape index (κ2) is 5.25. The highest BCUT2D eigenvalue weighted by molar-refractivity contribution is 5.07. The molecule has 0 amide bonds. The molecule has 0 spiro atoms. The summed E-state index contributed by atoms with van der Waals surface area (Å²) in [4.78, 5) is 10.7. The van der Waals surface area contributed by atoms with Crippen LogP contribution in [0.5, 0.6) is 6.01 Å². The van der Waals surface area contributed by atoms with Crippen LogP contribution in [0.3, 0.4) is 0 Å². The van der Waals surface area contributed by atoms with Gasteiger partial charge in [-0.05, 0) is 31.8 Å². The number of likely N-dealkylation sites (tertiary alicyclic amines) is 1. The summed E-state index contributed by atoms with van der Waals surface area (Å²) in [5, 5.41) is 0. The first-order chi connectivity index (χ1) is 7.78. The molecule has 0 aromatic carbocycles. The lowest BCUT2D eigenvalue weighted by atomic mass is 9.99. The minimum absolute atomic E-state index is 0.441. The molecule has 0 N–H and O–H groups in total. The molecule has 1 aromatic heterocycles. The van der Waals surface area contributed by atoms with E-state index in [-0.39, 0.29) is 0 Å². The van der Waals surface area contributed by atoms with Gasteiger partial charge in [-0.15, -0.1) is 0 Å². The third-order valence-corrected chi connectivity index (χ3v) is 3.15. The fraction of sp³-hybridized carbons (Fsp3) is 0.667. The molecule has 2 rings (SSSR count). The van der Waals surface area contributed by atoms with Gasteiger partial charge in [0.15, 0.2) is 0 Å². The van der Waals surface area contributed by atoms with Gasteiger partial charge in [0.25, 0.3) is 0 Å². The first kappa shape index (κ1) is 11.3. The van der Waals surface area contributed by atoms with Crippen molar-refractivity contribution >= 4 is 0 Å². The van der Waals surface area contributed by atoms with E-state index in [9.17, 15) is 0 Å². The minimum atomic E-state index is 0.441. The van der Waals surface area contributed by atoms with E-state index in [2.05, 4.69) is 21.8 Å². The highest BCUT2D eigenvalue weighted by atomic mass is 16.5. The van der Waals surface area contributed by atoms with Crippen molar-refractivity contribution in [2.45, 2.75) is 26.3 Å². The Balaban J connectivity index is 1.88. The zero-order valence-electron chi connectivity index (χ0n) is 10.0. The van der Waals surface area contributed by atoms with Crippen LogP contribution in [0.4, 0.5) is 0 Å². The monoisotopic (exact) mass is 221 g/mol. The van der Waals surface area contributed by atoms with Crippen LogP contribution in [-0.2, 0) is 6.54 Å². The Hall–Kier alpha value is -1.16. The Kier molecular flexibility index (Phi) is 3.72. The summed E-state index contributed by atoms with van der Waals surface area (Å²) in [6, 6.07) is 0.441. The van der Waals surface area contributed by atoms with Gasteiger partial charge in [0.2, 0.25) is 0 Å². The average Bonchev–Trinajstić information content (AvgIpc) is 2.33. The Morgan fingerprint density at radius 2 is 1.94 bits per heavy atom. The van der Waals surface area contributed by atoms with Gasteiger partial charge in [-0.25, -0.2) is 9.97 Å². The molecule has 1 aliphatic rings.